The van der Waals surface area contributed by atoms with Gasteiger partial charge in [-0.05, 0) is 23.7 Å². The predicted molar refractivity (Wildman–Crippen MR) is 125 cm³/mol. The van der Waals surface area contributed by atoms with E-state index in [1.54, 1.807) is 0 Å². The van der Waals surface area contributed by atoms with Crippen LogP contribution in [0.25, 0.3) is 0 Å². The van der Waals surface area contributed by atoms with Crippen LogP contribution in [0.15, 0.2) is 30.3 Å². The first-order chi connectivity index (χ1) is 15.4. The van der Waals surface area contributed by atoms with Crippen molar-refractivity contribution in [2.45, 2.75) is 90.1 Å². The lowest BCUT2D eigenvalue weighted by Crippen LogP contribution is -2.63. The maximum Gasteiger partial charge on any atom is 0.303 e. The lowest BCUT2D eigenvalue weighted by molar-refractivity contribution is -0.308. The van der Waals surface area contributed by atoms with Crippen LogP contribution in [0, 0.1) is 0 Å². The minimum Gasteiger partial charge on any atom is -0.456 e. The molecule has 0 bridgehead atoms. The fraction of sp³-hybridized carbons (Fsp3) is 0.667. The van der Waals surface area contributed by atoms with Crippen LogP contribution in [-0.2, 0) is 44.3 Å². The fourth-order valence-corrected chi connectivity index (χ4v) is 4.33. The number of hydrogen-bond donors (Lipinski definition) is 0. The molecule has 0 radical (unpaired) electrons. The molecule has 0 aromatic heterocycles. The second-order valence-electron chi connectivity index (χ2n) is 9.76. The van der Waals surface area contributed by atoms with Crippen LogP contribution >= 0.6 is 0 Å². The lowest BCUT2D eigenvalue weighted by Gasteiger charge is -2.45. The summed E-state index contributed by atoms with van der Waals surface area (Å²) in [6.07, 6.45) is -4.20. The number of esters is 2. The van der Waals surface area contributed by atoms with E-state index < -0.39 is 51.0 Å². The molecular formula is C24H38O8Si. The third-order valence-electron chi connectivity index (χ3n) is 6.13. The summed E-state index contributed by atoms with van der Waals surface area (Å²) in [6.45, 7) is 13.7. The summed E-state index contributed by atoms with van der Waals surface area (Å²) >= 11 is 0. The zero-order valence-electron chi connectivity index (χ0n) is 21.0. The Morgan fingerprint density at radius 2 is 1.55 bits per heavy atom. The number of methoxy groups -OCH3 is 1. The number of carbonyl (C=O) groups is 2. The monoisotopic (exact) mass is 482 g/mol. The van der Waals surface area contributed by atoms with Crippen LogP contribution in [0.3, 0.4) is 0 Å². The van der Waals surface area contributed by atoms with Crippen LogP contribution in [0.1, 0.15) is 40.2 Å². The molecule has 0 N–H and O–H groups in total. The molecule has 0 aliphatic carbocycles. The van der Waals surface area contributed by atoms with Crippen molar-refractivity contribution in [1.82, 2.24) is 0 Å². The van der Waals surface area contributed by atoms with Crippen molar-refractivity contribution in [3.05, 3.63) is 35.9 Å². The summed E-state index contributed by atoms with van der Waals surface area (Å²) in [5, 5.41) is -0.0180. The van der Waals surface area contributed by atoms with Gasteiger partial charge in [0.25, 0.3) is 0 Å². The van der Waals surface area contributed by atoms with Crippen molar-refractivity contribution in [2.75, 3.05) is 13.7 Å². The molecule has 33 heavy (non-hydrogen) atoms. The van der Waals surface area contributed by atoms with Crippen molar-refractivity contribution in [2.24, 2.45) is 0 Å². The van der Waals surface area contributed by atoms with Crippen LogP contribution in [0.5, 0.6) is 0 Å². The van der Waals surface area contributed by atoms with Crippen LogP contribution in [0.2, 0.25) is 18.1 Å². The summed E-state index contributed by atoms with van der Waals surface area (Å²) in [4.78, 5) is 24.0. The Hall–Kier alpha value is -1.78. The lowest BCUT2D eigenvalue weighted by atomic mass is 9.98. The highest BCUT2D eigenvalue weighted by molar-refractivity contribution is 6.74. The molecule has 1 fully saturated rings. The first-order valence-corrected chi connectivity index (χ1v) is 14.1. The molecule has 1 aromatic carbocycles. The van der Waals surface area contributed by atoms with Crippen molar-refractivity contribution in [3.63, 3.8) is 0 Å². The Kier molecular flexibility index (Phi) is 9.63. The van der Waals surface area contributed by atoms with Gasteiger partial charge >= 0.3 is 11.9 Å². The number of hydrogen-bond acceptors (Lipinski definition) is 8. The molecule has 1 saturated heterocycles. The van der Waals surface area contributed by atoms with E-state index in [0.717, 1.165) is 5.56 Å². The normalized spacial score (nSPS) is 26.0. The zero-order chi connectivity index (χ0) is 24.8. The van der Waals surface area contributed by atoms with Gasteiger partial charge in [-0.2, -0.15) is 0 Å². The average molecular weight is 483 g/mol. The van der Waals surface area contributed by atoms with Crippen LogP contribution in [-0.4, -0.2) is 64.7 Å². The molecule has 2 rings (SSSR count). The first-order valence-electron chi connectivity index (χ1n) is 11.2. The van der Waals surface area contributed by atoms with Crippen LogP contribution in [0.4, 0.5) is 0 Å². The number of rotatable bonds is 9. The highest BCUT2D eigenvalue weighted by atomic mass is 28.4. The first kappa shape index (κ1) is 27.5. The van der Waals surface area contributed by atoms with Gasteiger partial charge in [-0.3, -0.25) is 9.59 Å². The van der Waals surface area contributed by atoms with Crippen LogP contribution < -0.4 is 0 Å². The Bertz CT molecular complexity index is 776. The van der Waals surface area contributed by atoms with Gasteiger partial charge in [0.05, 0.1) is 13.2 Å². The summed E-state index contributed by atoms with van der Waals surface area (Å²) in [5.74, 6) is -1.04. The van der Waals surface area contributed by atoms with Crippen molar-refractivity contribution < 1.29 is 37.7 Å². The van der Waals surface area contributed by atoms with Gasteiger partial charge in [0.2, 0.25) is 0 Å². The Labute approximate surface area is 198 Å². The van der Waals surface area contributed by atoms with E-state index in [4.69, 9.17) is 28.1 Å². The molecule has 0 unspecified atom stereocenters. The summed E-state index contributed by atoms with van der Waals surface area (Å²) in [6, 6.07) is 9.57. The second kappa shape index (κ2) is 11.6. The molecule has 1 aromatic rings. The SMILES string of the molecule is CO[C@H]1O[C@H](CO[Si](C)(C)C(C)(C)C)[C@@H](OC(C)=O)[C@H](OC(C)=O)[C@H]1OCc1ccccc1. The molecule has 5 atom stereocenters. The van der Waals surface area contributed by atoms with E-state index in [1.165, 1.54) is 21.0 Å². The van der Waals surface area contributed by atoms with E-state index in [1.807, 2.05) is 30.3 Å². The van der Waals surface area contributed by atoms with E-state index >= 15 is 0 Å². The third-order valence-corrected chi connectivity index (χ3v) is 10.6. The molecule has 9 heteroatoms. The van der Waals surface area contributed by atoms with Crippen molar-refractivity contribution >= 4 is 20.3 Å². The molecule has 0 amide bonds. The fourth-order valence-electron chi connectivity index (χ4n) is 3.31. The Morgan fingerprint density at radius 3 is 2.06 bits per heavy atom. The van der Waals surface area contributed by atoms with E-state index in [9.17, 15) is 9.59 Å². The molecule has 186 valence electrons. The number of ether oxygens (including phenoxy) is 5. The van der Waals surface area contributed by atoms with Gasteiger partial charge in [0, 0.05) is 21.0 Å². The second-order valence-corrected chi connectivity index (χ2v) is 14.6. The van der Waals surface area contributed by atoms with Gasteiger partial charge in [-0.1, -0.05) is 51.1 Å². The Morgan fingerprint density at radius 1 is 0.970 bits per heavy atom. The van der Waals surface area contributed by atoms with Gasteiger partial charge in [0.1, 0.15) is 12.2 Å². The van der Waals surface area contributed by atoms with Gasteiger partial charge in [-0.15, -0.1) is 0 Å². The quantitative estimate of drug-likeness (QED) is 0.388. The van der Waals surface area contributed by atoms with Gasteiger partial charge < -0.3 is 28.1 Å². The smallest absolute Gasteiger partial charge is 0.303 e. The molecule has 1 aliphatic heterocycles. The summed E-state index contributed by atoms with van der Waals surface area (Å²) in [7, 11) is -0.629. The number of benzene rings is 1. The number of carbonyl (C=O) groups excluding carboxylic acids is 2. The van der Waals surface area contributed by atoms with Crippen molar-refractivity contribution in [3.8, 4) is 0 Å². The molecule has 1 heterocycles. The predicted octanol–water partition coefficient (Wildman–Crippen LogP) is 3.83. The third kappa shape index (κ3) is 7.61. The molecule has 0 spiro atoms. The maximum atomic E-state index is 12.0. The maximum absolute atomic E-state index is 12.0. The standard InChI is InChI=1S/C24H38O8Si/c1-16(25)30-20-19(15-29-33(7,8)24(3,4)5)32-23(27-6)22(21(20)31-17(2)26)28-14-18-12-10-9-11-13-18/h9-13,19-23H,14-15H2,1-8H3/t19-,20-,21+,22-,23+/m1/s1. The molecule has 0 saturated carbocycles. The highest BCUT2D eigenvalue weighted by Gasteiger charge is 2.51. The minimum absolute atomic E-state index is 0.0180. The van der Waals surface area contributed by atoms with Crippen molar-refractivity contribution in [1.29, 1.82) is 0 Å². The molecule has 1 aliphatic rings. The van der Waals surface area contributed by atoms with E-state index in [2.05, 4.69) is 33.9 Å². The molecular weight excluding hydrogens is 444 g/mol. The largest absolute Gasteiger partial charge is 0.456 e. The van der Waals surface area contributed by atoms with E-state index in [0.29, 0.717) is 0 Å². The van der Waals surface area contributed by atoms with E-state index in [-0.39, 0.29) is 18.3 Å². The topological polar surface area (TPSA) is 89.5 Å². The zero-order valence-corrected chi connectivity index (χ0v) is 22.0. The highest BCUT2D eigenvalue weighted by Crippen LogP contribution is 2.38. The minimum atomic E-state index is -2.12. The summed E-state index contributed by atoms with van der Waals surface area (Å²) in [5.41, 5.74) is 0.932. The molecule has 8 nitrogen and oxygen atoms in total. The van der Waals surface area contributed by atoms with Gasteiger partial charge in [-0.25, -0.2) is 0 Å². The average Bonchev–Trinajstić information content (AvgIpc) is 2.72. The van der Waals surface area contributed by atoms with Gasteiger partial charge in [0.15, 0.2) is 26.8 Å². The Balaban J connectivity index is 2.31. The summed E-state index contributed by atoms with van der Waals surface area (Å²) < 4.78 is 35.4.